The Morgan fingerprint density at radius 1 is 1.12 bits per heavy atom. The average Bonchev–Trinajstić information content (AvgIpc) is 3.27. The van der Waals surface area contributed by atoms with Crippen molar-refractivity contribution >= 4 is 5.91 Å². The van der Waals surface area contributed by atoms with Crippen LogP contribution < -0.4 is 0 Å². The van der Waals surface area contributed by atoms with Crippen LogP contribution in [0.1, 0.15) is 36.8 Å². The normalized spacial score (nSPS) is 26.0. The Labute approximate surface area is 151 Å². The molecule has 0 unspecified atom stereocenters. The van der Waals surface area contributed by atoms with E-state index in [9.17, 15) is 4.79 Å². The molecule has 4 rings (SSSR count). The van der Waals surface area contributed by atoms with Crippen molar-refractivity contribution < 1.29 is 9.53 Å². The number of carbonyl (C=O) groups excluding carboxylic acids is 1. The fourth-order valence-corrected chi connectivity index (χ4v) is 5.11. The molecule has 1 aromatic rings. The minimum atomic E-state index is -0.341. The molecule has 1 aromatic carbocycles. The fourth-order valence-electron chi connectivity index (χ4n) is 5.11. The topological polar surface area (TPSA) is 32.8 Å². The predicted molar refractivity (Wildman–Crippen MR) is 98.6 cm³/mol. The lowest BCUT2D eigenvalue weighted by Crippen LogP contribution is -2.61. The molecule has 0 spiro atoms. The van der Waals surface area contributed by atoms with Crippen LogP contribution in [0, 0.1) is 5.92 Å². The van der Waals surface area contributed by atoms with Crippen molar-refractivity contribution in [3.8, 4) is 0 Å². The van der Waals surface area contributed by atoms with Gasteiger partial charge in [0.1, 0.15) is 5.54 Å². The zero-order valence-corrected chi connectivity index (χ0v) is 15.4. The standard InChI is InChI=1S/C21H30N2O2/c1-25-16-17-9-12-22(15-17)20(24)21(23-10-5-2-6-11-23)13-18-7-3-4-8-19(18)14-21/h3-4,7-8,17H,2,5-6,9-16H2,1H3/t17-/m1/s1. The first-order chi connectivity index (χ1) is 12.2. The lowest BCUT2D eigenvalue weighted by atomic mass is 9.89. The Balaban J connectivity index is 1.59. The SMILES string of the molecule is COC[C@@H]1CCN(C(=O)C2(N3CCCCC3)Cc3ccccc3C2)C1. The Kier molecular flexibility index (Phi) is 4.83. The Morgan fingerprint density at radius 3 is 2.44 bits per heavy atom. The molecule has 1 atom stereocenters. The summed E-state index contributed by atoms with van der Waals surface area (Å²) in [7, 11) is 1.76. The van der Waals surface area contributed by atoms with Gasteiger partial charge in [-0.2, -0.15) is 0 Å². The predicted octanol–water partition coefficient (Wildman–Crippen LogP) is 2.50. The molecule has 0 bridgehead atoms. The van der Waals surface area contributed by atoms with E-state index in [-0.39, 0.29) is 5.54 Å². The summed E-state index contributed by atoms with van der Waals surface area (Å²) in [5.74, 6) is 0.861. The minimum absolute atomic E-state index is 0.341. The van der Waals surface area contributed by atoms with Gasteiger partial charge < -0.3 is 9.64 Å². The fraction of sp³-hybridized carbons (Fsp3) is 0.667. The third-order valence-electron chi connectivity index (χ3n) is 6.42. The third-order valence-corrected chi connectivity index (χ3v) is 6.42. The molecule has 2 heterocycles. The number of benzene rings is 1. The van der Waals surface area contributed by atoms with Crippen molar-refractivity contribution in [3.05, 3.63) is 35.4 Å². The zero-order chi connectivity index (χ0) is 17.3. The van der Waals surface area contributed by atoms with E-state index in [0.717, 1.165) is 52.0 Å². The highest BCUT2D eigenvalue weighted by Crippen LogP contribution is 2.38. The van der Waals surface area contributed by atoms with E-state index in [1.807, 2.05) is 0 Å². The molecule has 136 valence electrons. The lowest BCUT2D eigenvalue weighted by Gasteiger charge is -2.44. The van der Waals surface area contributed by atoms with Crippen LogP contribution in [0.4, 0.5) is 0 Å². The van der Waals surface area contributed by atoms with Gasteiger partial charge in [0.25, 0.3) is 0 Å². The summed E-state index contributed by atoms with van der Waals surface area (Å²) in [6.07, 6.45) is 6.58. The lowest BCUT2D eigenvalue weighted by molar-refractivity contribution is -0.144. The monoisotopic (exact) mass is 342 g/mol. The largest absolute Gasteiger partial charge is 0.384 e. The Hall–Kier alpha value is -1.39. The van der Waals surface area contributed by atoms with E-state index in [2.05, 4.69) is 34.1 Å². The van der Waals surface area contributed by atoms with E-state index >= 15 is 0 Å². The average molecular weight is 342 g/mol. The summed E-state index contributed by atoms with van der Waals surface area (Å²) in [5.41, 5.74) is 2.40. The molecular formula is C21H30N2O2. The summed E-state index contributed by atoms with van der Waals surface area (Å²) in [4.78, 5) is 18.4. The zero-order valence-electron chi connectivity index (χ0n) is 15.4. The van der Waals surface area contributed by atoms with Gasteiger partial charge in [-0.25, -0.2) is 0 Å². The molecule has 1 amide bonds. The molecule has 4 heteroatoms. The van der Waals surface area contributed by atoms with E-state index in [1.54, 1.807) is 7.11 Å². The molecule has 0 radical (unpaired) electrons. The molecule has 4 nitrogen and oxygen atoms in total. The molecule has 25 heavy (non-hydrogen) atoms. The number of hydrogen-bond donors (Lipinski definition) is 0. The van der Waals surface area contributed by atoms with E-state index in [1.165, 1.54) is 30.4 Å². The van der Waals surface area contributed by atoms with Gasteiger partial charge in [0.15, 0.2) is 0 Å². The summed E-state index contributed by atoms with van der Waals surface area (Å²) >= 11 is 0. The number of piperidine rings is 1. The van der Waals surface area contributed by atoms with Crippen LogP contribution in [-0.2, 0) is 22.4 Å². The van der Waals surface area contributed by atoms with Crippen LogP contribution >= 0.6 is 0 Å². The van der Waals surface area contributed by atoms with Crippen molar-refractivity contribution in [1.82, 2.24) is 9.80 Å². The van der Waals surface area contributed by atoms with Crippen molar-refractivity contribution in [1.29, 1.82) is 0 Å². The number of likely N-dealkylation sites (tertiary alicyclic amines) is 2. The summed E-state index contributed by atoms with van der Waals surface area (Å²) in [5, 5.41) is 0. The molecule has 0 N–H and O–H groups in total. The number of fused-ring (bicyclic) bond motifs is 1. The van der Waals surface area contributed by atoms with E-state index in [4.69, 9.17) is 4.74 Å². The van der Waals surface area contributed by atoms with Crippen LogP contribution in [0.2, 0.25) is 0 Å². The maximum absolute atomic E-state index is 13.7. The van der Waals surface area contributed by atoms with Gasteiger partial charge in [0.05, 0.1) is 6.61 Å². The Morgan fingerprint density at radius 2 is 1.80 bits per heavy atom. The molecule has 2 aliphatic heterocycles. The second-order valence-electron chi connectivity index (χ2n) is 8.06. The minimum Gasteiger partial charge on any atom is -0.384 e. The van der Waals surface area contributed by atoms with Crippen molar-refractivity contribution in [2.75, 3.05) is 39.9 Å². The molecular weight excluding hydrogens is 312 g/mol. The maximum atomic E-state index is 13.7. The van der Waals surface area contributed by atoms with Crippen LogP contribution in [-0.4, -0.2) is 61.1 Å². The van der Waals surface area contributed by atoms with E-state index in [0.29, 0.717) is 11.8 Å². The van der Waals surface area contributed by atoms with Crippen molar-refractivity contribution in [2.45, 2.75) is 44.1 Å². The van der Waals surface area contributed by atoms with Gasteiger partial charge in [-0.1, -0.05) is 30.7 Å². The molecule has 2 fully saturated rings. The van der Waals surface area contributed by atoms with Gasteiger partial charge in [-0.3, -0.25) is 9.69 Å². The van der Waals surface area contributed by atoms with Crippen molar-refractivity contribution in [3.63, 3.8) is 0 Å². The third kappa shape index (κ3) is 3.11. The maximum Gasteiger partial charge on any atom is 0.243 e. The molecule has 3 aliphatic rings. The highest BCUT2D eigenvalue weighted by Gasteiger charge is 2.50. The van der Waals surface area contributed by atoms with Gasteiger partial charge >= 0.3 is 0 Å². The first kappa shape index (κ1) is 17.0. The number of carbonyl (C=O) groups is 1. The van der Waals surface area contributed by atoms with Gasteiger partial charge in [-0.15, -0.1) is 0 Å². The molecule has 0 saturated carbocycles. The van der Waals surface area contributed by atoms with Gasteiger partial charge in [0.2, 0.25) is 5.91 Å². The van der Waals surface area contributed by atoms with Crippen LogP contribution in [0.3, 0.4) is 0 Å². The first-order valence-corrected chi connectivity index (χ1v) is 9.83. The smallest absolute Gasteiger partial charge is 0.243 e. The second-order valence-corrected chi connectivity index (χ2v) is 8.06. The number of rotatable bonds is 4. The van der Waals surface area contributed by atoms with Crippen LogP contribution in [0.15, 0.2) is 24.3 Å². The molecule has 1 aliphatic carbocycles. The van der Waals surface area contributed by atoms with Crippen LogP contribution in [0.25, 0.3) is 0 Å². The number of nitrogens with zero attached hydrogens (tertiary/aromatic N) is 2. The van der Waals surface area contributed by atoms with Gasteiger partial charge in [0, 0.05) is 39.0 Å². The first-order valence-electron chi connectivity index (χ1n) is 9.83. The highest BCUT2D eigenvalue weighted by atomic mass is 16.5. The molecule has 2 saturated heterocycles. The summed E-state index contributed by atoms with van der Waals surface area (Å²) in [6, 6.07) is 8.65. The molecule has 0 aromatic heterocycles. The highest BCUT2D eigenvalue weighted by molar-refractivity contribution is 5.88. The van der Waals surface area contributed by atoms with Crippen molar-refractivity contribution in [2.24, 2.45) is 5.92 Å². The number of methoxy groups -OCH3 is 1. The van der Waals surface area contributed by atoms with Gasteiger partial charge in [-0.05, 0) is 43.5 Å². The summed E-state index contributed by atoms with van der Waals surface area (Å²) < 4.78 is 5.32. The second kappa shape index (κ2) is 7.08. The van der Waals surface area contributed by atoms with E-state index < -0.39 is 0 Å². The Bertz CT molecular complexity index is 599. The number of hydrogen-bond acceptors (Lipinski definition) is 3. The quantitative estimate of drug-likeness (QED) is 0.843. The van der Waals surface area contributed by atoms with Crippen LogP contribution in [0.5, 0.6) is 0 Å². The number of ether oxygens (including phenoxy) is 1. The number of amides is 1. The summed E-state index contributed by atoms with van der Waals surface area (Å²) in [6.45, 7) is 4.64.